The van der Waals surface area contributed by atoms with Crippen LogP contribution in [0.4, 0.5) is 10.5 Å². The molecule has 28 heavy (non-hydrogen) atoms. The number of piperidine rings is 1. The minimum atomic E-state index is -0.441. The molecule has 1 aromatic rings. The number of hydrogen-bond acceptors (Lipinski definition) is 5. The number of Topliss-reactive ketones (excluding diaryl/α,β-unsaturated/α-hetero) is 1. The third-order valence-electron chi connectivity index (χ3n) is 5.59. The molecular formula is C22H33N3O3. The first-order chi connectivity index (χ1) is 13.2. The number of ether oxygens (including phenoxy) is 1. The molecule has 2 heterocycles. The molecule has 3 rings (SSSR count). The molecule has 0 spiro atoms. The van der Waals surface area contributed by atoms with Crippen LogP contribution in [0, 0.1) is 0 Å². The molecule has 1 aromatic carbocycles. The van der Waals surface area contributed by atoms with Crippen molar-refractivity contribution in [1.82, 2.24) is 9.80 Å². The van der Waals surface area contributed by atoms with E-state index in [-0.39, 0.29) is 11.9 Å². The lowest BCUT2D eigenvalue weighted by Gasteiger charge is -2.43. The van der Waals surface area contributed by atoms with Gasteiger partial charge in [0.1, 0.15) is 5.60 Å². The molecule has 0 aromatic heterocycles. The number of rotatable bonds is 3. The van der Waals surface area contributed by atoms with Crippen molar-refractivity contribution in [3.8, 4) is 0 Å². The summed E-state index contributed by atoms with van der Waals surface area (Å²) in [6, 6.07) is 8.51. The first-order valence-corrected chi connectivity index (χ1v) is 10.3. The van der Waals surface area contributed by atoms with Gasteiger partial charge in [-0.1, -0.05) is 0 Å². The maximum absolute atomic E-state index is 12.2. The van der Waals surface area contributed by atoms with Crippen LogP contribution in [0.2, 0.25) is 0 Å². The molecule has 154 valence electrons. The molecule has 0 saturated carbocycles. The van der Waals surface area contributed by atoms with Gasteiger partial charge < -0.3 is 14.5 Å². The van der Waals surface area contributed by atoms with Crippen LogP contribution in [0.25, 0.3) is 0 Å². The van der Waals surface area contributed by atoms with Crippen LogP contribution < -0.4 is 4.90 Å². The van der Waals surface area contributed by atoms with E-state index < -0.39 is 5.60 Å². The Labute approximate surface area is 168 Å². The Morgan fingerprint density at radius 3 is 2.00 bits per heavy atom. The summed E-state index contributed by atoms with van der Waals surface area (Å²) in [5.74, 6) is 0.107. The molecule has 0 atom stereocenters. The Kier molecular flexibility index (Phi) is 6.28. The van der Waals surface area contributed by atoms with Crippen LogP contribution in [0.1, 0.15) is 50.9 Å². The van der Waals surface area contributed by atoms with Gasteiger partial charge in [-0.15, -0.1) is 0 Å². The number of nitrogens with zero attached hydrogens (tertiary/aromatic N) is 3. The minimum Gasteiger partial charge on any atom is -0.444 e. The predicted molar refractivity (Wildman–Crippen MR) is 111 cm³/mol. The molecule has 2 saturated heterocycles. The van der Waals surface area contributed by atoms with Crippen molar-refractivity contribution < 1.29 is 14.3 Å². The highest BCUT2D eigenvalue weighted by Crippen LogP contribution is 2.24. The molecule has 2 aliphatic heterocycles. The van der Waals surface area contributed by atoms with Crippen molar-refractivity contribution in [1.29, 1.82) is 0 Å². The molecule has 0 aliphatic carbocycles. The maximum atomic E-state index is 12.2. The molecule has 2 aliphatic rings. The van der Waals surface area contributed by atoms with E-state index in [2.05, 4.69) is 21.9 Å². The SMILES string of the molecule is CC(=O)c1ccc(N2CCC(N3CCN(C(=O)OC(C)(C)C)CC3)CC2)cc1. The van der Waals surface area contributed by atoms with E-state index in [9.17, 15) is 9.59 Å². The Bertz CT molecular complexity index is 680. The van der Waals surface area contributed by atoms with E-state index >= 15 is 0 Å². The maximum Gasteiger partial charge on any atom is 0.410 e. The minimum absolute atomic E-state index is 0.107. The van der Waals surface area contributed by atoms with Gasteiger partial charge in [-0.05, 0) is 64.8 Å². The number of anilines is 1. The molecule has 6 nitrogen and oxygen atoms in total. The fourth-order valence-electron chi connectivity index (χ4n) is 3.99. The normalized spacial score (nSPS) is 19.6. The number of amides is 1. The van der Waals surface area contributed by atoms with Crippen LogP contribution >= 0.6 is 0 Å². The van der Waals surface area contributed by atoms with E-state index in [1.807, 2.05) is 37.8 Å². The molecular weight excluding hydrogens is 354 g/mol. The van der Waals surface area contributed by atoms with E-state index in [4.69, 9.17) is 4.74 Å². The summed E-state index contributed by atoms with van der Waals surface area (Å²) < 4.78 is 5.48. The number of carbonyl (C=O) groups excluding carboxylic acids is 2. The van der Waals surface area contributed by atoms with Crippen LogP contribution in [-0.4, -0.2) is 72.6 Å². The summed E-state index contributed by atoms with van der Waals surface area (Å²) in [5, 5.41) is 0. The van der Waals surface area contributed by atoms with E-state index in [0.717, 1.165) is 57.7 Å². The Hall–Kier alpha value is -2.08. The molecule has 0 N–H and O–H groups in total. The Morgan fingerprint density at radius 1 is 0.929 bits per heavy atom. The van der Waals surface area contributed by atoms with Gasteiger partial charge in [-0.3, -0.25) is 9.69 Å². The summed E-state index contributed by atoms with van der Waals surface area (Å²) in [5.41, 5.74) is 1.52. The second-order valence-electron chi connectivity index (χ2n) is 8.82. The van der Waals surface area contributed by atoms with Gasteiger partial charge in [0.15, 0.2) is 5.78 Å². The largest absolute Gasteiger partial charge is 0.444 e. The van der Waals surface area contributed by atoms with Gasteiger partial charge in [0, 0.05) is 56.6 Å². The molecule has 0 bridgehead atoms. The topological polar surface area (TPSA) is 53.1 Å². The Morgan fingerprint density at radius 2 is 1.50 bits per heavy atom. The molecule has 6 heteroatoms. The molecule has 0 unspecified atom stereocenters. The average Bonchev–Trinajstić information content (AvgIpc) is 2.67. The van der Waals surface area contributed by atoms with Crippen molar-refractivity contribution in [3.63, 3.8) is 0 Å². The lowest BCUT2D eigenvalue weighted by molar-refractivity contribution is 0.00901. The van der Waals surface area contributed by atoms with Crippen LogP contribution in [0.3, 0.4) is 0 Å². The highest BCUT2D eigenvalue weighted by molar-refractivity contribution is 5.94. The van der Waals surface area contributed by atoms with Crippen molar-refractivity contribution in [2.45, 2.75) is 52.2 Å². The average molecular weight is 388 g/mol. The zero-order chi connectivity index (χ0) is 20.3. The number of ketones is 1. The lowest BCUT2D eigenvalue weighted by Crippen LogP contribution is -2.55. The highest BCUT2D eigenvalue weighted by Gasteiger charge is 2.30. The standard InChI is InChI=1S/C22H33N3O3/c1-17(26)18-5-7-19(8-6-18)23-11-9-20(10-12-23)24-13-15-25(16-14-24)21(27)28-22(2,3)4/h5-8,20H,9-16H2,1-4H3. The van der Waals surface area contributed by atoms with Crippen LogP contribution in [0.5, 0.6) is 0 Å². The van der Waals surface area contributed by atoms with E-state index in [1.165, 1.54) is 5.69 Å². The van der Waals surface area contributed by atoms with Gasteiger partial charge in [-0.25, -0.2) is 4.79 Å². The van der Waals surface area contributed by atoms with Gasteiger partial charge in [0.05, 0.1) is 0 Å². The predicted octanol–water partition coefficient (Wildman–Crippen LogP) is 3.41. The van der Waals surface area contributed by atoms with Crippen LogP contribution in [0.15, 0.2) is 24.3 Å². The second-order valence-corrected chi connectivity index (χ2v) is 8.82. The van der Waals surface area contributed by atoms with Gasteiger partial charge in [-0.2, -0.15) is 0 Å². The number of benzene rings is 1. The summed E-state index contributed by atoms with van der Waals surface area (Å²) in [6.45, 7) is 12.7. The second kappa shape index (κ2) is 8.52. The van der Waals surface area contributed by atoms with Crippen LogP contribution in [-0.2, 0) is 4.74 Å². The summed E-state index contributed by atoms with van der Waals surface area (Å²) >= 11 is 0. The monoisotopic (exact) mass is 387 g/mol. The smallest absolute Gasteiger partial charge is 0.410 e. The van der Waals surface area contributed by atoms with Gasteiger partial charge in [0.25, 0.3) is 0 Å². The summed E-state index contributed by atoms with van der Waals surface area (Å²) in [7, 11) is 0. The van der Waals surface area contributed by atoms with E-state index in [0.29, 0.717) is 6.04 Å². The zero-order valence-corrected chi connectivity index (χ0v) is 17.6. The number of carbonyl (C=O) groups is 2. The molecule has 0 radical (unpaired) electrons. The van der Waals surface area contributed by atoms with E-state index in [1.54, 1.807) is 6.92 Å². The van der Waals surface area contributed by atoms with Gasteiger partial charge >= 0.3 is 6.09 Å². The highest BCUT2D eigenvalue weighted by atomic mass is 16.6. The quantitative estimate of drug-likeness (QED) is 0.744. The van der Waals surface area contributed by atoms with Gasteiger partial charge in [0.2, 0.25) is 0 Å². The van der Waals surface area contributed by atoms with Crippen molar-refractivity contribution in [2.24, 2.45) is 0 Å². The van der Waals surface area contributed by atoms with Crippen molar-refractivity contribution >= 4 is 17.6 Å². The first kappa shape index (κ1) is 20.6. The first-order valence-electron chi connectivity index (χ1n) is 10.3. The Balaban J connectivity index is 1.46. The lowest BCUT2D eigenvalue weighted by atomic mass is 10.0. The fourth-order valence-corrected chi connectivity index (χ4v) is 3.99. The zero-order valence-electron chi connectivity index (χ0n) is 17.6. The third-order valence-corrected chi connectivity index (χ3v) is 5.59. The third kappa shape index (κ3) is 5.25. The van der Waals surface area contributed by atoms with Crippen molar-refractivity contribution in [2.75, 3.05) is 44.2 Å². The summed E-state index contributed by atoms with van der Waals surface area (Å²) in [4.78, 5) is 30.4. The van der Waals surface area contributed by atoms with Crippen molar-refractivity contribution in [3.05, 3.63) is 29.8 Å². The summed E-state index contributed by atoms with van der Waals surface area (Å²) in [6.07, 6.45) is 2.05. The number of hydrogen-bond donors (Lipinski definition) is 0. The fraction of sp³-hybridized carbons (Fsp3) is 0.636. The molecule has 1 amide bonds. The number of piperazine rings is 1. The molecule has 2 fully saturated rings.